The van der Waals surface area contributed by atoms with Gasteiger partial charge in [-0.15, -0.1) is 0 Å². The minimum atomic E-state index is 0.857. The van der Waals surface area contributed by atoms with E-state index in [1.807, 2.05) is 36.4 Å². The van der Waals surface area contributed by atoms with Crippen LogP contribution >= 0.6 is 0 Å². The molecule has 5 heteroatoms. The molecule has 0 amide bonds. The van der Waals surface area contributed by atoms with Crippen molar-refractivity contribution < 1.29 is 0 Å². The highest BCUT2D eigenvalue weighted by molar-refractivity contribution is 5.53. The molecule has 2 rings (SSSR count). The van der Waals surface area contributed by atoms with Crippen molar-refractivity contribution in [2.24, 2.45) is 7.05 Å². The topological polar surface area (TPSA) is 54.8 Å². The van der Waals surface area contributed by atoms with E-state index in [9.17, 15) is 0 Å². The number of aryl methyl sites for hydroxylation is 1. The highest BCUT2D eigenvalue weighted by Gasteiger charge is 1.98. The lowest BCUT2D eigenvalue weighted by atomic mass is 10.3. The smallest absolute Gasteiger partial charge is 0.0642 e. The zero-order valence-electron chi connectivity index (χ0n) is 11.6. The lowest BCUT2D eigenvalue weighted by molar-refractivity contribution is 0.742. The highest BCUT2D eigenvalue weighted by atomic mass is 15.2. The van der Waals surface area contributed by atoms with Crippen molar-refractivity contribution >= 4 is 11.4 Å². The molecule has 0 saturated carbocycles. The quantitative estimate of drug-likeness (QED) is 0.801. The molecular weight excluding hydrogens is 238 g/mol. The Kier molecular flexibility index (Phi) is 4.78. The van der Waals surface area contributed by atoms with Crippen molar-refractivity contribution in [2.75, 3.05) is 23.7 Å². The summed E-state index contributed by atoms with van der Waals surface area (Å²) < 4.78 is 1.83. The van der Waals surface area contributed by atoms with Crippen LogP contribution in [0.15, 0.2) is 30.7 Å². The standard InChI is InChI=1S/C14H21N5/c1-3-6-16-13-9-14(11-15-10-13)17-7-4-12-5-8-19(2)18-12/h5,8-11,16-17H,3-4,6-7H2,1-2H3. The van der Waals surface area contributed by atoms with E-state index < -0.39 is 0 Å². The predicted molar refractivity (Wildman–Crippen MR) is 78.4 cm³/mol. The second kappa shape index (κ2) is 6.78. The summed E-state index contributed by atoms with van der Waals surface area (Å²) in [6, 6.07) is 4.13. The fraction of sp³-hybridized carbons (Fsp3) is 0.429. The summed E-state index contributed by atoms with van der Waals surface area (Å²) in [4.78, 5) is 4.22. The molecule has 102 valence electrons. The Morgan fingerprint density at radius 2 is 1.89 bits per heavy atom. The van der Waals surface area contributed by atoms with Crippen LogP contribution in [-0.2, 0) is 13.5 Å². The number of anilines is 2. The average Bonchev–Trinajstić information content (AvgIpc) is 2.83. The highest BCUT2D eigenvalue weighted by Crippen LogP contribution is 2.12. The van der Waals surface area contributed by atoms with E-state index >= 15 is 0 Å². The number of nitrogens with one attached hydrogen (secondary N) is 2. The third-order valence-corrected chi connectivity index (χ3v) is 2.80. The first-order valence-corrected chi connectivity index (χ1v) is 6.69. The second-order valence-corrected chi connectivity index (χ2v) is 4.55. The van der Waals surface area contributed by atoms with Gasteiger partial charge in [-0.1, -0.05) is 6.92 Å². The zero-order chi connectivity index (χ0) is 13.5. The van der Waals surface area contributed by atoms with E-state index in [-0.39, 0.29) is 0 Å². The van der Waals surface area contributed by atoms with Crippen molar-refractivity contribution in [1.82, 2.24) is 14.8 Å². The van der Waals surface area contributed by atoms with Gasteiger partial charge in [-0.2, -0.15) is 5.10 Å². The number of pyridine rings is 1. The molecule has 0 aliphatic carbocycles. The maximum atomic E-state index is 4.35. The van der Waals surface area contributed by atoms with E-state index in [0.717, 1.165) is 43.0 Å². The van der Waals surface area contributed by atoms with E-state index in [1.54, 1.807) is 0 Å². The summed E-state index contributed by atoms with van der Waals surface area (Å²) in [6.07, 6.45) is 7.67. The van der Waals surface area contributed by atoms with Gasteiger partial charge in [0.15, 0.2) is 0 Å². The summed E-state index contributed by atoms with van der Waals surface area (Å²) in [5.74, 6) is 0. The molecule has 2 aromatic rings. The summed E-state index contributed by atoms with van der Waals surface area (Å²) in [6.45, 7) is 3.98. The predicted octanol–water partition coefficient (Wildman–Crippen LogP) is 2.29. The lowest BCUT2D eigenvalue weighted by Crippen LogP contribution is -2.07. The first-order chi connectivity index (χ1) is 9.28. The van der Waals surface area contributed by atoms with Gasteiger partial charge in [-0.25, -0.2) is 0 Å². The Bertz CT molecular complexity index is 506. The van der Waals surface area contributed by atoms with Crippen LogP contribution in [0.25, 0.3) is 0 Å². The van der Waals surface area contributed by atoms with Crippen LogP contribution in [0.5, 0.6) is 0 Å². The molecule has 0 radical (unpaired) electrons. The van der Waals surface area contributed by atoms with Gasteiger partial charge < -0.3 is 10.6 Å². The average molecular weight is 259 g/mol. The Morgan fingerprint density at radius 1 is 1.16 bits per heavy atom. The van der Waals surface area contributed by atoms with E-state index in [1.165, 1.54) is 0 Å². The minimum Gasteiger partial charge on any atom is -0.384 e. The van der Waals surface area contributed by atoms with E-state index in [4.69, 9.17) is 0 Å². The Labute approximate surface area is 114 Å². The molecule has 2 heterocycles. The van der Waals surface area contributed by atoms with Gasteiger partial charge in [0, 0.05) is 32.8 Å². The molecule has 5 nitrogen and oxygen atoms in total. The number of rotatable bonds is 7. The molecule has 0 aromatic carbocycles. The molecular formula is C14H21N5. The van der Waals surface area contributed by atoms with Crippen molar-refractivity contribution in [2.45, 2.75) is 19.8 Å². The van der Waals surface area contributed by atoms with Gasteiger partial charge in [0.25, 0.3) is 0 Å². The minimum absolute atomic E-state index is 0.857. The summed E-state index contributed by atoms with van der Waals surface area (Å²) in [5.41, 5.74) is 3.20. The van der Waals surface area contributed by atoms with Crippen LogP contribution in [0, 0.1) is 0 Å². The van der Waals surface area contributed by atoms with Gasteiger partial charge in [-0.05, 0) is 18.6 Å². The van der Waals surface area contributed by atoms with Crippen LogP contribution in [-0.4, -0.2) is 27.9 Å². The molecule has 2 aromatic heterocycles. The monoisotopic (exact) mass is 259 g/mol. The van der Waals surface area contributed by atoms with Crippen molar-refractivity contribution in [1.29, 1.82) is 0 Å². The SMILES string of the molecule is CCCNc1cncc(NCCc2ccn(C)n2)c1. The second-order valence-electron chi connectivity index (χ2n) is 4.55. The molecule has 0 spiro atoms. The van der Waals surface area contributed by atoms with Gasteiger partial charge in [-0.3, -0.25) is 9.67 Å². The number of hydrogen-bond acceptors (Lipinski definition) is 4. The zero-order valence-corrected chi connectivity index (χ0v) is 11.6. The lowest BCUT2D eigenvalue weighted by Gasteiger charge is -2.08. The third kappa shape index (κ3) is 4.28. The van der Waals surface area contributed by atoms with Crippen LogP contribution in [0.3, 0.4) is 0 Å². The molecule has 0 unspecified atom stereocenters. The van der Waals surface area contributed by atoms with Gasteiger partial charge >= 0.3 is 0 Å². The van der Waals surface area contributed by atoms with Crippen molar-refractivity contribution in [3.05, 3.63) is 36.4 Å². The summed E-state index contributed by atoms with van der Waals surface area (Å²) in [7, 11) is 1.93. The Balaban J connectivity index is 1.82. The molecule has 0 fully saturated rings. The molecule has 0 atom stereocenters. The van der Waals surface area contributed by atoms with Crippen LogP contribution < -0.4 is 10.6 Å². The molecule has 0 aliphatic heterocycles. The van der Waals surface area contributed by atoms with Crippen LogP contribution in [0.2, 0.25) is 0 Å². The Morgan fingerprint density at radius 3 is 2.53 bits per heavy atom. The van der Waals surface area contributed by atoms with E-state index in [2.05, 4.69) is 33.7 Å². The van der Waals surface area contributed by atoms with Crippen LogP contribution in [0.1, 0.15) is 19.0 Å². The van der Waals surface area contributed by atoms with Gasteiger partial charge in [0.1, 0.15) is 0 Å². The first kappa shape index (κ1) is 13.4. The van der Waals surface area contributed by atoms with Crippen molar-refractivity contribution in [3.8, 4) is 0 Å². The first-order valence-electron chi connectivity index (χ1n) is 6.69. The van der Waals surface area contributed by atoms with Gasteiger partial charge in [0.05, 0.1) is 29.5 Å². The van der Waals surface area contributed by atoms with E-state index in [0.29, 0.717) is 0 Å². The molecule has 0 bridgehead atoms. The summed E-state index contributed by atoms with van der Waals surface area (Å²) >= 11 is 0. The fourth-order valence-corrected chi connectivity index (χ4v) is 1.83. The number of aromatic nitrogens is 3. The Hall–Kier alpha value is -2.04. The van der Waals surface area contributed by atoms with Crippen LogP contribution in [0.4, 0.5) is 11.4 Å². The molecule has 19 heavy (non-hydrogen) atoms. The summed E-state index contributed by atoms with van der Waals surface area (Å²) in [5, 5.41) is 11.0. The largest absolute Gasteiger partial charge is 0.384 e. The number of hydrogen-bond donors (Lipinski definition) is 2. The molecule has 2 N–H and O–H groups in total. The maximum Gasteiger partial charge on any atom is 0.0642 e. The maximum absolute atomic E-state index is 4.35. The molecule has 0 saturated heterocycles. The van der Waals surface area contributed by atoms with Gasteiger partial charge in [0.2, 0.25) is 0 Å². The van der Waals surface area contributed by atoms with Crippen molar-refractivity contribution in [3.63, 3.8) is 0 Å². The number of nitrogens with zero attached hydrogens (tertiary/aromatic N) is 3. The fourth-order valence-electron chi connectivity index (χ4n) is 1.83. The normalized spacial score (nSPS) is 10.4. The third-order valence-electron chi connectivity index (χ3n) is 2.80. The molecule has 0 aliphatic rings.